The minimum Gasteiger partial charge on any atom is -0.497 e. The Morgan fingerprint density at radius 1 is 1.03 bits per heavy atom. The first kappa shape index (κ1) is 29.3. The average Bonchev–Trinajstić information content (AvgIpc) is 3.34. The number of halogens is 1. The summed E-state index contributed by atoms with van der Waals surface area (Å²) < 4.78 is 33.9. The molecule has 2 aromatic carbocycles. The highest BCUT2D eigenvalue weighted by Gasteiger charge is 2.27. The van der Waals surface area contributed by atoms with Crippen LogP contribution >= 0.6 is 23.7 Å². The van der Waals surface area contributed by atoms with Crippen molar-refractivity contribution in [3.05, 3.63) is 48.0 Å². The zero-order chi connectivity index (χ0) is 25.7. The van der Waals surface area contributed by atoms with Gasteiger partial charge in [-0.3, -0.25) is 9.69 Å². The van der Waals surface area contributed by atoms with Crippen molar-refractivity contribution >= 4 is 55.0 Å². The number of thiazole rings is 1. The molecule has 0 spiro atoms. The SMILES string of the molecule is CCN(CC)CCN(C(=O)c1ccc(S(=O)(=O)N2CCCCC2)cc1)c1nc2cc(OC)ccc2s1.Cl. The van der Waals surface area contributed by atoms with Gasteiger partial charge in [0, 0.05) is 37.8 Å². The fourth-order valence-corrected chi connectivity index (χ4v) is 6.87. The van der Waals surface area contributed by atoms with Crippen molar-refractivity contribution in [1.29, 1.82) is 0 Å². The number of hydrogen-bond acceptors (Lipinski definition) is 7. The van der Waals surface area contributed by atoms with E-state index in [1.54, 1.807) is 40.6 Å². The van der Waals surface area contributed by atoms with Crippen LogP contribution in [0.1, 0.15) is 43.5 Å². The van der Waals surface area contributed by atoms with Crippen molar-refractivity contribution in [1.82, 2.24) is 14.2 Å². The second kappa shape index (κ2) is 13.0. The minimum absolute atomic E-state index is 0. The lowest BCUT2D eigenvalue weighted by molar-refractivity contribution is 0.0983. The predicted octanol–water partition coefficient (Wildman–Crippen LogP) is 4.89. The van der Waals surface area contributed by atoms with Gasteiger partial charge in [0.2, 0.25) is 10.0 Å². The number of benzene rings is 2. The monoisotopic (exact) mass is 566 g/mol. The van der Waals surface area contributed by atoms with E-state index in [2.05, 4.69) is 18.7 Å². The molecule has 3 aromatic rings. The van der Waals surface area contributed by atoms with Crippen LogP contribution in [-0.4, -0.2) is 74.9 Å². The zero-order valence-corrected chi connectivity index (χ0v) is 24.0. The number of fused-ring (bicyclic) bond motifs is 1. The standard InChI is InChI=1S/C26H34N4O4S2.ClH/c1-4-28(5-2)17-18-30(26-27-23-19-21(34-3)11-14-24(23)35-26)25(31)20-9-12-22(13-10-20)36(32,33)29-15-7-6-8-16-29;/h9-14,19H,4-8,15-18H2,1-3H3;1H. The smallest absolute Gasteiger partial charge is 0.260 e. The summed E-state index contributed by atoms with van der Waals surface area (Å²) in [5, 5.41) is 0.612. The molecule has 1 amide bonds. The van der Waals surface area contributed by atoms with E-state index in [1.165, 1.54) is 11.3 Å². The number of hydrogen-bond donors (Lipinski definition) is 0. The number of piperidine rings is 1. The molecule has 0 bridgehead atoms. The second-order valence-corrected chi connectivity index (χ2v) is 11.7. The number of ether oxygens (including phenoxy) is 1. The highest BCUT2D eigenvalue weighted by Crippen LogP contribution is 2.32. The van der Waals surface area contributed by atoms with Gasteiger partial charge in [-0.25, -0.2) is 13.4 Å². The Morgan fingerprint density at radius 2 is 1.70 bits per heavy atom. The summed E-state index contributed by atoms with van der Waals surface area (Å²) in [7, 11) is -1.93. The predicted molar refractivity (Wildman–Crippen MR) is 152 cm³/mol. The van der Waals surface area contributed by atoms with Crippen molar-refractivity contribution in [2.24, 2.45) is 0 Å². The molecular weight excluding hydrogens is 532 g/mol. The van der Waals surface area contributed by atoms with E-state index >= 15 is 0 Å². The number of likely N-dealkylation sites (N-methyl/N-ethyl adjacent to an activating group) is 1. The first-order valence-electron chi connectivity index (χ1n) is 12.5. The molecule has 1 aromatic heterocycles. The van der Waals surface area contributed by atoms with Crippen LogP contribution < -0.4 is 9.64 Å². The van der Waals surface area contributed by atoms with E-state index in [4.69, 9.17) is 9.72 Å². The highest BCUT2D eigenvalue weighted by atomic mass is 35.5. The number of carbonyl (C=O) groups is 1. The van der Waals surface area contributed by atoms with Gasteiger partial charge in [-0.2, -0.15) is 4.31 Å². The van der Waals surface area contributed by atoms with Crippen LogP contribution in [0.2, 0.25) is 0 Å². The van der Waals surface area contributed by atoms with Crippen LogP contribution in [0.3, 0.4) is 0 Å². The van der Waals surface area contributed by atoms with Gasteiger partial charge in [0.1, 0.15) is 5.75 Å². The van der Waals surface area contributed by atoms with Gasteiger partial charge in [-0.1, -0.05) is 31.6 Å². The highest BCUT2D eigenvalue weighted by molar-refractivity contribution is 7.89. The summed E-state index contributed by atoms with van der Waals surface area (Å²) in [6.45, 7) is 8.25. The third-order valence-electron chi connectivity index (χ3n) is 6.65. The molecule has 0 saturated carbocycles. The Kier molecular flexibility index (Phi) is 10.3. The number of nitrogens with zero attached hydrogens (tertiary/aromatic N) is 4. The van der Waals surface area contributed by atoms with Gasteiger partial charge >= 0.3 is 0 Å². The lowest BCUT2D eigenvalue weighted by atomic mass is 10.2. The average molecular weight is 567 g/mol. The summed E-state index contributed by atoms with van der Waals surface area (Å²) in [5.74, 6) is 0.515. The van der Waals surface area contributed by atoms with E-state index in [1.807, 2.05) is 18.2 Å². The van der Waals surface area contributed by atoms with Crippen LogP contribution in [-0.2, 0) is 10.0 Å². The van der Waals surface area contributed by atoms with Crippen molar-refractivity contribution in [3.63, 3.8) is 0 Å². The first-order valence-corrected chi connectivity index (χ1v) is 14.7. The van der Waals surface area contributed by atoms with Gasteiger partial charge in [0.15, 0.2) is 5.13 Å². The molecule has 0 unspecified atom stereocenters. The summed E-state index contributed by atoms with van der Waals surface area (Å²) in [6, 6.07) is 12.0. The largest absolute Gasteiger partial charge is 0.497 e. The summed E-state index contributed by atoms with van der Waals surface area (Å²) in [5.41, 5.74) is 1.21. The molecule has 1 aliphatic rings. The van der Waals surface area contributed by atoms with Gasteiger partial charge < -0.3 is 9.64 Å². The number of amides is 1. The van der Waals surface area contributed by atoms with E-state index < -0.39 is 10.0 Å². The molecule has 4 rings (SSSR count). The summed E-state index contributed by atoms with van der Waals surface area (Å²) in [4.78, 5) is 22.6. The van der Waals surface area contributed by atoms with E-state index in [9.17, 15) is 13.2 Å². The maximum atomic E-state index is 13.7. The molecule has 1 aliphatic heterocycles. The van der Waals surface area contributed by atoms with Gasteiger partial charge in [-0.15, -0.1) is 12.4 Å². The van der Waals surface area contributed by atoms with Crippen LogP contribution in [0.25, 0.3) is 10.2 Å². The van der Waals surface area contributed by atoms with Crippen LogP contribution in [0.4, 0.5) is 5.13 Å². The van der Waals surface area contributed by atoms with E-state index in [0.29, 0.717) is 42.6 Å². The van der Waals surface area contributed by atoms with Crippen molar-refractivity contribution < 1.29 is 17.9 Å². The Balaban J connectivity index is 0.00000380. The maximum absolute atomic E-state index is 13.7. The van der Waals surface area contributed by atoms with Crippen molar-refractivity contribution in [3.8, 4) is 5.75 Å². The lowest BCUT2D eigenvalue weighted by Crippen LogP contribution is -2.39. The molecule has 0 radical (unpaired) electrons. The van der Waals surface area contributed by atoms with Crippen LogP contribution in [0.15, 0.2) is 47.4 Å². The fraction of sp³-hybridized carbons (Fsp3) is 0.462. The normalized spacial score (nSPS) is 14.5. The summed E-state index contributed by atoms with van der Waals surface area (Å²) in [6.07, 6.45) is 2.82. The third-order valence-corrected chi connectivity index (χ3v) is 9.62. The van der Waals surface area contributed by atoms with Gasteiger partial charge in [-0.05, 0) is 62.3 Å². The van der Waals surface area contributed by atoms with Crippen LogP contribution in [0, 0.1) is 0 Å². The molecule has 2 heterocycles. The molecular formula is C26H35ClN4O4S2. The fourth-order valence-electron chi connectivity index (χ4n) is 4.38. The molecule has 202 valence electrons. The van der Waals surface area contributed by atoms with Gasteiger partial charge in [0.25, 0.3) is 5.91 Å². The Labute approximate surface area is 229 Å². The van der Waals surface area contributed by atoms with Crippen molar-refractivity contribution in [2.75, 3.05) is 51.3 Å². The molecule has 1 fully saturated rings. The molecule has 0 atom stereocenters. The molecule has 37 heavy (non-hydrogen) atoms. The first-order chi connectivity index (χ1) is 17.4. The van der Waals surface area contributed by atoms with Gasteiger partial charge in [0.05, 0.1) is 22.2 Å². The number of aromatic nitrogens is 1. The number of rotatable bonds is 10. The molecule has 0 N–H and O–H groups in total. The molecule has 11 heteroatoms. The number of sulfonamides is 1. The summed E-state index contributed by atoms with van der Waals surface area (Å²) >= 11 is 1.46. The van der Waals surface area contributed by atoms with E-state index in [0.717, 1.165) is 42.6 Å². The molecule has 8 nitrogen and oxygen atoms in total. The van der Waals surface area contributed by atoms with Crippen LogP contribution in [0.5, 0.6) is 5.75 Å². The quantitative estimate of drug-likeness (QED) is 0.347. The molecule has 0 aliphatic carbocycles. The topological polar surface area (TPSA) is 83.1 Å². The maximum Gasteiger partial charge on any atom is 0.260 e. The second-order valence-electron chi connectivity index (χ2n) is 8.80. The van der Waals surface area contributed by atoms with Crippen molar-refractivity contribution in [2.45, 2.75) is 38.0 Å². The Hall–Kier alpha value is -2.24. The Bertz CT molecular complexity index is 1290. The number of anilines is 1. The number of carbonyl (C=O) groups excluding carboxylic acids is 1. The third kappa shape index (κ3) is 6.61. The molecule has 1 saturated heterocycles. The minimum atomic E-state index is -3.55. The number of methoxy groups -OCH3 is 1. The van der Waals surface area contributed by atoms with E-state index in [-0.39, 0.29) is 23.2 Å². The lowest BCUT2D eigenvalue weighted by Gasteiger charge is -2.26. The zero-order valence-electron chi connectivity index (χ0n) is 21.6. The Morgan fingerprint density at radius 3 is 2.32 bits per heavy atom.